The molecule has 0 aliphatic carbocycles. The summed E-state index contributed by atoms with van der Waals surface area (Å²) in [5.74, 6) is -3.39. The van der Waals surface area contributed by atoms with Crippen LogP contribution in [0.25, 0.3) is 0 Å². The fraction of sp³-hybridized carbons (Fsp3) is 0.476. The molecule has 0 saturated heterocycles. The minimum Gasteiger partial charge on any atom is -0.444 e. The smallest absolute Gasteiger partial charge is 0.408 e. The number of amides is 4. The van der Waals surface area contributed by atoms with Crippen LogP contribution in [0.1, 0.15) is 51.9 Å². The first-order valence-electron chi connectivity index (χ1n) is 9.92. The highest BCUT2D eigenvalue weighted by atomic mass is 16.7. The molecule has 176 valence electrons. The van der Waals surface area contributed by atoms with Crippen molar-refractivity contribution in [2.75, 3.05) is 0 Å². The van der Waals surface area contributed by atoms with E-state index in [1.54, 1.807) is 39.0 Å². The van der Waals surface area contributed by atoms with Crippen LogP contribution in [-0.4, -0.2) is 58.6 Å². The van der Waals surface area contributed by atoms with Gasteiger partial charge in [0.05, 0.1) is 5.56 Å². The first kappa shape index (κ1) is 26.4. The predicted octanol–water partition coefficient (Wildman–Crippen LogP) is 0.879. The van der Waals surface area contributed by atoms with Crippen molar-refractivity contribution in [1.29, 1.82) is 0 Å². The van der Waals surface area contributed by atoms with Gasteiger partial charge in [-0.05, 0) is 53.7 Å². The summed E-state index contributed by atoms with van der Waals surface area (Å²) in [4.78, 5) is 66.1. The van der Waals surface area contributed by atoms with Gasteiger partial charge in [0, 0.05) is 0 Å². The van der Waals surface area contributed by atoms with Gasteiger partial charge in [-0.1, -0.05) is 18.2 Å². The summed E-state index contributed by atoms with van der Waals surface area (Å²) in [6, 6.07) is 4.28. The van der Waals surface area contributed by atoms with Crippen LogP contribution in [0.2, 0.25) is 0 Å². The monoisotopic (exact) mass is 450 g/mol. The number of hydrogen-bond donors (Lipinski definition) is 3. The largest absolute Gasteiger partial charge is 0.444 e. The molecule has 3 atom stereocenters. The zero-order chi connectivity index (χ0) is 24.6. The summed E-state index contributed by atoms with van der Waals surface area (Å²) in [5.41, 5.74) is 4.67. The van der Waals surface area contributed by atoms with Crippen molar-refractivity contribution in [2.24, 2.45) is 5.73 Å². The van der Waals surface area contributed by atoms with Crippen molar-refractivity contribution in [1.82, 2.24) is 15.7 Å². The van der Waals surface area contributed by atoms with Crippen LogP contribution in [0.3, 0.4) is 0 Å². The number of alkyl carbamates (subject to hydrolysis) is 1. The van der Waals surface area contributed by atoms with E-state index in [1.807, 2.05) is 0 Å². The fourth-order valence-electron chi connectivity index (χ4n) is 2.29. The standard InChI is InChI=1S/C21H30N4O7/c1-12(24-20(30)31-21(4,5)6)17(27)23-13(2)18(28)25(14(3)16(22)26)32-19(29)15-10-8-7-9-11-15/h7-14H,1-6H3,(H2,22,26)(H,23,27)(H,24,30)/t12-,13-,14-/m0/s1. The Bertz CT molecular complexity index is 851. The van der Waals surface area contributed by atoms with Crippen LogP contribution >= 0.6 is 0 Å². The van der Waals surface area contributed by atoms with E-state index in [-0.39, 0.29) is 5.56 Å². The summed E-state index contributed by atoms with van der Waals surface area (Å²) in [5, 5.41) is 5.26. The van der Waals surface area contributed by atoms with Gasteiger partial charge in [0.1, 0.15) is 23.7 Å². The number of carbonyl (C=O) groups is 5. The number of nitrogens with one attached hydrogen (secondary N) is 2. The summed E-state index contributed by atoms with van der Waals surface area (Å²) >= 11 is 0. The van der Waals surface area contributed by atoms with Crippen molar-refractivity contribution >= 4 is 29.8 Å². The number of primary amides is 1. The Morgan fingerprint density at radius 1 is 0.938 bits per heavy atom. The van der Waals surface area contributed by atoms with Gasteiger partial charge in [0.15, 0.2) is 0 Å². The molecule has 0 spiro atoms. The van der Waals surface area contributed by atoms with E-state index in [0.29, 0.717) is 5.06 Å². The Balaban J connectivity index is 2.86. The first-order valence-corrected chi connectivity index (χ1v) is 9.92. The molecule has 1 aromatic carbocycles. The minimum absolute atomic E-state index is 0.147. The quantitative estimate of drug-likeness (QED) is 0.520. The number of rotatable bonds is 7. The van der Waals surface area contributed by atoms with Gasteiger partial charge in [-0.3, -0.25) is 14.4 Å². The highest BCUT2D eigenvalue weighted by Gasteiger charge is 2.33. The van der Waals surface area contributed by atoms with Crippen molar-refractivity contribution in [3.05, 3.63) is 35.9 Å². The maximum atomic E-state index is 12.8. The molecule has 0 fully saturated rings. The van der Waals surface area contributed by atoms with Gasteiger partial charge >= 0.3 is 12.1 Å². The molecule has 0 heterocycles. The number of ether oxygens (including phenoxy) is 1. The highest BCUT2D eigenvalue weighted by Crippen LogP contribution is 2.10. The second-order valence-electron chi connectivity index (χ2n) is 8.09. The molecule has 0 unspecified atom stereocenters. The van der Waals surface area contributed by atoms with E-state index >= 15 is 0 Å². The van der Waals surface area contributed by atoms with Crippen molar-refractivity contribution in [2.45, 2.75) is 65.3 Å². The Labute approximate surface area is 186 Å². The van der Waals surface area contributed by atoms with Gasteiger partial charge in [-0.2, -0.15) is 5.06 Å². The molecule has 1 aromatic rings. The maximum Gasteiger partial charge on any atom is 0.408 e. The van der Waals surface area contributed by atoms with E-state index in [9.17, 15) is 24.0 Å². The van der Waals surface area contributed by atoms with E-state index in [2.05, 4.69) is 10.6 Å². The fourth-order valence-corrected chi connectivity index (χ4v) is 2.29. The molecular formula is C21H30N4O7. The lowest BCUT2D eigenvalue weighted by Crippen LogP contribution is -2.56. The van der Waals surface area contributed by atoms with Gasteiger partial charge in [-0.25, -0.2) is 9.59 Å². The van der Waals surface area contributed by atoms with Gasteiger partial charge in [0.2, 0.25) is 11.8 Å². The molecule has 0 saturated carbocycles. The number of nitrogens with zero attached hydrogens (tertiary/aromatic N) is 1. The lowest BCUT2D eigenvalue weighted by atomic mass is 10.2. The van der Waals surface area contributed by atoms with Gasteiger partial charge in [-0.15, -0.1) is 0 Å². The minimum atomic E-state index is -1.30. The van der Waals surface area contributed by atoms with Gasteiger partial charge in [0.25, 0.3) is 5.91 Å². The molecule has 4 amide bonds. The van der Waals surface area contributed by atoms with Crippen molar-refractivity contribution in [3.8, 4) is 0 Å². The molecular weight excluding hydrogens is 420 g/mol. The van der Waals surface area contributed by atoms with Crippen molar-refractivity contribution < 1.29 is 33.5 Å². The Kier molecular flexibility index (Phi) is 9.18. The van der Waals surface area contributed by atoms with Gasteiger partial charge < -0.3 is 25.9 Å². The second kappa shape index (κ2) is 11.1. The van der Waals surface area contributed by atoms with Crippen molar-refractivity contribution in [3.63, 3.8) is 0 Å². The van der Waals surface area contributed by atoms with Crippen LogP contribution in [0.5, 0.6) is 0 Å². The summed E-state index contributed by atoms with van der Waals surface area (Å²) < 4.78 is 5.08. The number of benzene rings is 1. The number of hydroxylamine groups is 2. The zero-order valence-electron chi connectivity index (χ0n) is 19.0. The molecule has 0 aliphatic rings. The topological polar surface area (TPSA) is 157 Å². The lowest BCUT2D eigenvalue weighted by Gasteiger charge is -2.28. The van der Waals surface area contributed by atoms with E-state index in [1.165, 1.54) is 32.9 Å². The molecule has 0 radical (unpaired) electrons. The third kappa shape index (κ3) is 8.25. The van der Waals surface area contributed by atoms with E-state index < -0.39 is 53.5 Å². The molecule has 32 heavy (non-hydrogen) atoms. The highest BCUT2D eigenvalue weighted by molar-refractivity contribution is 5.95. The molecule has 0 bridgehead atoms. The number of carbonyl (C=O) groups excluding carboxylic acids is 5. The van der Waals surface area contributed by atoms with Crippen LogP contribution in [-0.2, 0) is 24.0 Å². The van der Waals surface area contributed by atoms with Crippen LogP contribution in [0.4, 0.5) is 4.79 Å². The maximum absolute atomic E-state index is 12.8. The molecule has 11 heteroatoms. The summed E-state index contributed by atoms with van der Waals surface area (Å²) in [7, 11) is 0. The number of nitrogens with two attached hydrogens (primary N) is 1. The Morgan fingerprint density at radius 3 is 2.00 bits per heavy atom. The van der Waals surface area contributed by atoms with E-state index in [4.69, 9.17) is 15.3 Å². The zero-order valence-corrected chi connectivity index (χ0v) is 19.0. The summed E-state index contributed by atoms with van der Waals surface area (Å²) in [6.07, 6.45) is -0.806. The van der Waals surface area contributed by atoms with Crippen LogP contribution in [0, 0.1) is 0 Å². The average molecular weight is 450 g/mol. The normalized spacial score (nSPS) is 13.7. The number of hydrogen-bond acceptors (Lipinski definition) is 7. The summed E-state index contributed by atoms with van der Waals surface area (Å²) in [6.45, 7) is 9.02. The van der Waals surface area contributed by atoms with Crippen LogP contribution < -0.4 is 16.4 Å². The second-order valence-corrected chi connectivity index (χ2v) is 8.09. The lowest BCUT2D eigenvalue weighted by molar-refractivity contribution is -0.181. The Morgan fingerprint density at radius 2 is 1.50 bits per heavy atom. The average Bonchev–Trinajstić information content (AvgIpc) is 2.69. The van der Waals surface area contributed by atoms with Crippen LogP contribution in [0.15, 0.2) is 30.3 Å². The first-order chi connectivity index (χ1) is 14.7. The predicted molar refractivity (Wildman–Crippen MR) is 114 cm³/mol. The molecule has 4 N–H and O–H groups in total. The Hall–Kier alpha value is -3.63. The molecule has 0 aromatic heterocycles. The van der Waals surface area contributed by atoms with E-state index in [0.717, 1.165) is 0 Å². The SMILES string of the molecule is C[C@H](NC(=O)OC(C)(C)C)C(=O)N[C@@H](C)C(=O)N(OC(=O)c1ccccc1)[C@@H](C)C(N)=O. The molecule has 0 aliphatic heterocycles. The third-order valence-corrected chi connectivity index (χ3v) is 4.03. The molecule has 11 nitrogen and oxygen atoms in total. The molecule has 1 rings (SSSR count). The third-order valence-electron chi connectivity index (χ3n) is 4.03.